The molecule has 0 atom stereocenters. The number of rotatable bonds is 5. The third-order valence-corrected chi connectivity index (χ3v) is 4.47. The van der Waals surface area contributed by atoms with Crippen LogP contribution in [0.4, 0.5) is 0 Å². The minimum absolute atomic E-state index is 0.0134. The molecule has 7 heteroatoms. The summed E-state index contributed by atoms with van der Waals surface area (Å²) in [5.74, 6) is -1.46. The number of fused-ring (bicyclic) bond motifs is 1. The summed E-state index contributed by atoms with van der Waals surface area (Å²) in [5, 5.41) is 8.61. The van der Waals surface area contributed by atoms with Gasteiger partial charge in [-0.2, -0.15) is 0 Å². The minimum atomic E-state index is -0.971. The molecule has 0 aromatic carbocycles. The number of nitrogens with zero attached hydrogens (tertiary/aromatic N) is 1. The average molecular weight is 311 g/mol. The SMILES string of the molecule is CCOC(=O)c1cc2c(s1)CCN(C(=O)CCC(=O)O)C2. The molecule has 0 saturated heterocycles. The molecule has 0 radical (unpaired) electrons. The Hall–Kier alpha value is -1.89. The highest BCUT2D eigenvalue weighted by molar-refractivity contribution is 7.14. The lowest BCUT2D eigenvalue weighted by atomic mass is 10.1. The van der Waals surface area contributed by atoms with Crippen LogP contribution in [0.1, 0.15) is 39.9 Å². The summed E-state index contributed by atoms with van der Waals surface area (Å²) in [6.07, 6.45) is 0.553. The number of aliphatic carboxylic acids is 1. The van der Waals surface area contributed by atoms with Gasteiger partial charge in [-0.25, -0.2) is 4.79 Å². The van der Waals surface area contributed by atoms with Crippen molar-refractivity contribution >= 4 is 29.2 Å². The van der Waals surface area contributed by atoms with Gasteiger partial charge in [-0.1, -0.05) is 0 Å². The Kier molecular flexibility index (Phi) is 4.95. The number of thiophene rings is 1. The monoisotopic (exact) mass is 311 g/mol. The molecule has 0 bridgehead atoms. The smallest absolute Gasteiger partial charge is 0.348 e. The highest BCUT2D eigenvalue weighted by Gasteiger charge is 2.24. The topological polar surface area (TPSA) is 83.9 Å². The molecular formula is C14H17NO5S. The molecule has 0 unspecified atom stereocenters. The lowest BCUT2D eigenvalue weighted by Crippen LogP contribution is -2.35. The number of ether oxygens (including phenoxy) is 1. The summed E-state index contributed by atoms with van der Waals surface area (Å²) >= 11 is 1.41. The van der Waals surface area contributed by atoms with E-state index in [0.717, 1.165) is 10.4 Å². The summed E-state index contributed by atoms with van der Waals surface area (Å²) in [7, 11) is 0. The van der Waals surface area contributed by atoms with E-state index in [-0.39, 0.29) is 24.7 Å². The van der Waals surface area contributed by atoms with Crippen LogP contribution in [0.3, 0.4) is 0 Å². The second-order valence-corrected chi connectivity index (χ2v) is 5.88. The summed E-state index contributed by atoms with van der Waals surface area (Å²) in [6.45, 7) is 3.09. The van der Waals surface area contributed by atoms with Gasteiger partial charge in [0.1, 0.15) is 4.88 Å². The van der Waals surface area contributed by atoms with Crippen molar-refractivity contribution in [3.63, 3.8) is 0 Å². The first-order chi connectivity index (χ1) is 10.0. The zero-order valence-corrected chi connectivity index (χ0v) is 12.6. The Morgan fingerprint density at radius 2 is 2.14 bits per heavy atom. The van der Waals surface area contributed by atoms with Gasteiger partial charge in [-0.3, -0.25) is 9.59 Å². The highest BCUT2D eigenvalue weighted by atomic mass is 32.1. The Labute approximate surface area is 126 Å². The Morgan fingerprint density at radius 3 is 2.81 bits per heavy atom. The molecule has 0 saturated carbocycles. The fourth-order valence-electron chi connectivity index (χ4n) is 2.22. The zero-order chi connectivity index (χ0) is 15.4. The molecule has 1 aliphatic heterocycles. The van der Waals surface area contributed by atoms with Gasteiger partial charge in [0.05, 0.1) is 13.0 Å². The standard InChI is InChI=1S/C14H17NO5S/c1-2-20-14(19)11-7-9-8-15(6-5-10(9)21-11)12(16)3-4-13(17)18/h7H,2-6,8H2,1H3,(H,17,18). The van der Waals surface area contributed by atoms with Crippen molar-refractivity contribution in [2.24, 2.45) is 0 Å². The van der Waals surface area contributed by atoms with Crippen LogP contribution in [0.15, 0.2) is 6.07 Å². The third kappa shape index (κ3) is 3.81. The van der Waals surface area contributed by atoms with Crippen molar-refractivity contribution in [3.05, 3.63) is 21.4 Å². The number of hydrogen-bond acceptors (Lipinski definition) is 5. The maximum absolute atomic E-state index is 11.9. The van der Waals surface area contributed by atoms with Crippen LogP contribution in [-0.2, 0) is 27.3 Å². The van der Waals surface area contributed by atoms with Gasteiger partial charge < -0.3 is 14.7 Å². The summed E-state index contributed by atoms with van der Waals surface area (Å²) in [4.78, 5) is 37.4. The quantitative estimate of drug-likeness (QED) is 0.836. The molecule has 0 fully saturated rings. The second-order valence-electron chi connectivity index (χ2n) is 4.74. The molecule has 2 heterocycles. The summed E-state index contributed by atoms with van der Waals surface area (Å²) < 4.78 is 4.97. The summed E-state index contributed by atoms with van der Waals surface area (Å²) in [5.41, 5.74) is 0.956. The normalized spacial score (nSPS) is 13.7. The van der Waals surface area contributed by atoms with Gasteiger partial charge in [0.15, 0.2) is 0 Å². The molecule has 1 aliphatic rings. The van der Waals surface area contributed by atoms with Gasteiger partial charge in [-0.15, -0.1) is 11.3 Å². The van der Waals surface area contributed by atoms with E-state index in [2.05, 4.69) is 0 Å². The predicted molar refractivity (Wildman–Crippen MR) is 76.3 cm³/mol. The predicted octanol–water partition coefficient (Wildman–Crippen LogP) is 1.67. The van der Waals surface area contributed by atoms with Gasteiger partial charge in [0.2, 0.25) is 5.91 Å². The minimum Gasteiger partial charge on any atom is -0.481 e. The number of carbonyl (C=O) groups is 3. The lowest BCUT2D eigenvalue weighted by molar-refractivity contribution is -0.141. The van der Waals surface area contributed by atoms with E-state index in [1.807, 2.05) is 0 Å². The Balaban J connectivity index is 2.01. The largest absolute Gasteiger partial charge is 0.481 e. The average Bonchev–Trinajstić information content (AvgIpc) is 2.87. The molecular weight excluding hydrogens is 294 g/mol. The van der Waals surface area contributed by atoms with Crippen molar-refractivity contribution in [1.82, 2.24) is 4.90 Å². The van der Waals surface area contributed by atoms with E-state index in [9.17, 15) is 14.4 Å². The van der Waals surface area contributed by atoms with Crippen LogP contribution in [0.2, 0.25) is 0 Å². The summed E-state index contributed by atoms with van der Waals surface area (Å²) in [6, 6.07) is 1.77. The van der Waals surface area contributed by atoms with Gasteiger partial charge in [-0.05, 0) is 25.0 Å². The van der Waals surface area contributed by atoms with Crippen LogP contribution >= 0.6 is 11.3 Å². The van der Waals surface area contributed by atoms with Crippen LogP contribution in [0.25, 0.3) is 0 Å². The van der Waals surface area contributed by atoms with Crippen LogP contribution < -0.4 is 0 Å². The van der Waals surface area contributed by atoms with E-state index < -0.39 is 5.97 Å². The molecule has 0 spiro atoms. The molecule has 1 aromatic heterocycles. The number of carbonyl (C=O) groups excluding carboxylic acids is 2. The maximum atomic E-state index is 11.9. The number of esters is 1. The molecule has 114 valence electrons. The van der Waals surface area contributed by atoms with E-state index in [0.29, 0.717) is 31.0 Å². The first-order valence-corrected chi connectivity index (χ1v) is 7.61. The first-order valence-electron chi connectivity index (χ1n) is 6.79. The zero-order valence-electron chi connectivity index (χ0n) is 11.8. The van der Waals surface area contributed by atoms with Crippen LogP contribution in [-0.4, -0.2) is 41.0 Å². The molecule has 0 aliphatic carbocycles. The number of hydrogen-bond donors (Lipinski definition) is 1. The molecule has 6 nitrogen and oxygen atoms in total. The fourth-order valence-corrected chi connectivity index (χ4v) is 3.28. The molecule has 2 rings (SSSR count). The molecule has 1 amide bonds. The van der Waals surface area contributed by atoms with Crippen LogP contribution in [0, 0.1) is 0 Å². The lowest BCUT2D eigenvalue weighted by Gasteiger charge is -2.26. The van der Waals surface area contributed by atoms with Crippen molar-refractivity contribution in [2.75, 3.05) is 13.2 Å². The molecule has 21 heavy (non-hydrogen) atoms. The van der Waals surface area contributed by atoms with E-state index >= 15 is 0 Å². The highest BCUT2D eigenvalue weighted by Crippen LogP contribution is 2.29. The van der Waals surface area contributed by atoms with Crippen molar-refractivity contribution < 1.29 is 24.2 Å². The van der Waals surface area contributed by atoms with E-state index in [1.54, 1.807) is 17.9 Å². The maximum Gasteiger partial charge on any atom is 0.348 e. The number of amides is 1. The van der Waals surface area contributed by atoms with Gasteiger partial charge in [0, 0.05) is 24.4 Å². The van der Waals surface area contributed by atoms with Crippen LogP contribution in [0.5, 0.6) is 0 Å². The van der Waals surface area contributed by atoms with Gasteiger partial charge in [0.25, 0.3) is 0 Å². The van der Waals surface area contributed by atoms with Crippen molar-refractivity contribution in [1.29, 1.82) is 0 Å². The Bertz CT molecular complexity index is 566. The van der Waals surface area contributed by atoms with E-state index in [1.165, 1.54) is 11.3 Å². The van der Waals surface area contributed by atoms with Crippen molar-refractivity contribution in [2.45, 2.75) is 32.7 Å². The number of carboxylic acid groups (broad SMARTS) is 1. The van der Waals surface area contributed by atoms with E-state index in [4.69, 9.17) is 9.84 Å². The number of carboxylic acids is 1. The first kappa shape index (κ1) is 15.5. The second kappa shape index (κ2) is 6.71. The molecule has 1 aromatic rings. The third-order valence-electron chi connectivity index (χ3n) is 3.25. The van der Waals surface area contributed by atoms with Gasteiger partial charge >= 0.3 is 11.9 Å². The molecule has 1 N–H and O–H groups in total. The van der Waals surface area contributed by atoms with Crippen molar-refractivity contribution in [3.8, 4) is 0 Å². The fraction of sp³-hybridized carbons (Fsp3) is 0.500. The Morgan fingerprint density at radius 1 is 1.38 bits per heavy atom.